The predicted octanol–water partition coefficient (Wildman–Crippen LogP) is 1.79. The molecule has 0 aliphatic rings. The molecule has 0 bridgehead atoms. The molecule has 0 aliphatic carbocycles. The van der Waals surface area contributed by atoms with Gasteiger partial charge >= 0.3 is 0 Å². The summed E-state index contributed by atoms with van der Waals surface area (Å²) in [6, 6.07) is 1.72. The van der Waals surface area contributed by atoms with E-state index in [0.717, 1.165) is 21.3 Å². The highest BCUT2D eigenvalue weighted by atomic mass is 32.2. The Morgan fingerprint density at radius 1 is 1.62 bits per heavy atom. The number of hydrogen-bond donors (Lipinski definition) is 0. The molecular formula is C9H11O2S2-. The van der Waals surface area contributed by atoms with Gasteiger partial charge in [-0.15, -0.1) is 23.1 Å². The smallest absolute Gasteiger partial charge is 0.0735 e. The van der Waals surface area contributed by atoms with Crippen LogP contribution >= 0.6 is 23.1 Å². The van der Waals surface area contributed by atoms with Crippen LogP contribution in [-0.2, 0) is 6.42 Å². The molecule has 0 saturated heterocycles. The molecule has 0 fully saturated rings. The van der Waals surface area contributed by atoms with Crippen molar-refractivity contribution in [1.29, 1.82) is 0 Å². The molecular weight excluding hydrogens is 204 g/mol. The van der Waals surface area contributed by atoms with Crippen molar-refractivity contribution in [2.45, 2.75) is 24.5 Å². The van der Waals surface area contributed by atoms with E-state index < -0.39 is 5.97 Å². The number of thioether (sulfide) groups is 1. The van der Waals surface area contributed by atoms with E-state index in [1.807, 2.05) is 13.8 Å². The Balaban J connectivity index is 3.00. The Kier molecular flexibility index (Phi) is 3.81. The van der Waals surface area contributed by atoms with Crippen molar-refractivity contribution in [2.75, 3.05) is 5.75 Å². The number of carbonyl (C=O) groups is 1. The quantitative estimate of drug-likeness (QED) is 0.719. The number of aromatic carboxylic acids is 1. The van der Waals surface area contributed by atoms with Crippen LogP contribution < -0.4 is 5.11 Å². The fourth-order valence-electron chi connectivity index (χ4n) is 0.978. The van der Waals surface area contributed by atoms with Gasteiger partial charge in [0.1, 0.15) is 0 Å². The Bertz CT molecular complexity index is 305. The third-order valence-electron chi connectivity index (χ3n) is 1.59. The Morgan fingerprint density at radius 2 is 2.31 bits per heavy atom. The molecule has 0 amide bonds. The minimum atomic E-state index is -1.06. The van der Waals surface area contributed by atoms with Crippen molar-refractivity contribution in [3.05, 3.63) is 16.5 Å². The zero-order chi connectivity index (χ0) is 9.84. The van der Waals surface area contributed by atoms with Gasteiger partial charge in [0.2, 0.25) is 0 Å². The van der Waals surface area contributed by atoms with Crippen molar-refractivity contribution < 1.29 is 9.90 Å². The van der Waals surface area contributed by atoms with E-state index in [1.165, 1.54) is 0 Å². The molecule has 0 spiro atoms. The SMILES string of the molecule is CCSc1sc(CC)cc1C(=O)[O-]. The van der Waals surface area contributed by atoms with Crippen LogP contribution in [0.1, 0.15) is 29.1 Å². The largest absolute Gasteiger partial charge is 0.545 e. The number of aryl methyl sites for hydroxylation is 1. The summed E-state index contributed by atoms with van der Waals surface area (Å²) >= 11 is 3.12. The summed E-state index contributed by atoms with van der Waals surface area (Å²) in [4.78, 5) is 11.8. The van der Waals surface area contributed by atoms with Gasteiger partial charge in [0, 0.05) is 10.4 Å². The maximum absolute atomic E-state index is 10.7. The van der Waals surface area contributed by atoms with Crippen molar-refractivity contribution in [1.82, 2.24) is 0 Å². The van der Waals surface area contributed by atoms with E-state index in [1.54, 1.807) is 29.2 Å². The maximum Gasteiger partial charge on any atom is 0.0735 e. The van der Waals surface area contributed by atoms with E-state index in [2.05, 4.69) is 0 Å². The Labute approximate surface area is 86.0 Å². The molecule has 1 heterocycles. The monoisotopic (exact) mass is 215 g/mol. The first kappa shape index (κ1) is 10.6. The normalized spacial score (nSPS) is 10.3. The summed E-state index contributed by atoms with van der Waals surface area (Å²) in [5, 5.41) is 10.7. The molecule has 0 atom stereocenters. The van der Waals surface area contributed by atoms with Crippen LogP contribution in [0.25, 0.3) is 0 Å². The number of thiophene rings is 1. The lowest BCUT2D eigenvalue weighted by atomic mass is 10.3. The highest BCUT2D eigenvalue weighted by molar-refractivity contribution is 8.01. The van der Waals surface area contributed by atoms with Gasteiger partial charge in [0.25, 0.3) is 0 Å². The number of rotatable bonds is 4. The zero-order valence-electron chi connectivity index (χ0n) is 7.62. The Morgan fingerprint density at radius 3 is 2.77 bits per heavy atom. The number of carboxylic acids is 1. The molecule has 1 rings (SSSR count). The van der Waals surface area contributed by atoms with Gasteiger partial charge in [-0.2, -0.15) is 0 Å². The van der Waals surface area contributed by atoms with Gasteiger partial charge in [-0.1, -0.05) is 13.8 Å². The van der Waals surface area contributed by atoms with Crippen molar-refractivity contribution in [3.63, 3.8) is 0 Å². The first-order chi connectivity index (χ1) is 6.19. The molecule has 0 N–H and O–H groups in total. The van der Waals surface area contributed by atoms with Crippen LogP contribution in [0.3, 0.4) is 0 Å². The highest BCUT2D eigenvalue weighted by Crippen LogP contribution is 2.31. The second kappa shape index (κ2) is 4.67. The fourth-order valence-corrected chi connectivity index (χ4v) is 3.26. The van der Waals surface area contributed by atoms with Crippen molar-refractivity contribution >= 4 is 29.1 Å². The van der Waals surface area contributed by atoms with Crippen LogP contribution in [0.2, 0.25) is 0 Å². The van der Waals surface area contributed by atoms with Gasteiger partial charge in [0.15, 0.2) is 0 Å². The average Bonchev–Trinajstić information content (AvgIpc) is 2.48. The van der Waals surface area contributed by atoms with E-state index in [0.29, 0.717) is 5.56 Å². The van der Waals surface area contributed by atoms with Crippen LogP contribution in [0.15, 0.2) is 10.3 Å². The zero-order valence-corrected chi connectivity index (χ0v) is 9.26. The van der Waals surface area contributed by atoms with Gasteiger partial charge in [-0.05, 0) is 18.2 Å². The van der Waals surface area contributed by atoms with Crippen LogP contribution in [0, 0.1) is 0 Å². The van der Waals surface area contributed by atoms with Crippen molar-refractivity contribution in [3.8, 4) is 0 Å². The molecule has 0 unspecified atom stereocenters. The molecule has 13 heavy (non-hydrogen) atoms. The molecule has 0 aliphatic heterocycles. The lowest BCUT2D eigenvalue weighted by Crippen LogP contribution is -2.22. The standard InChI is InChI=1S/C9H12O2S2/c1-3-6-5-7(8(10)11)9(13-6)12-4-2/h5H,3-4H2,1-2H3,(H,10,11)/p-1. The van der Waals surface area contributed by atoms with Crippen LogP contribution in [0.4, 0.5) is 0 Å². The summed E-state index contributed by atoms with van der Waals surface area (Å²) in [6.45, 7) is 4.03. The Hall–Kier alpha value is -0.480. The third-order valence-corrected chi connectivity index (χ3v) is 4.04. The van der Waals surface area contributed by atoms with E-state index in [4.69, 9.17) is 0 Å². The third kappa shape index (κ3) is 2.48. The molecule has 0 aromatic carbocycles. The number of carboxylic acid groups (broad SMARTS) is 1. The van der Waals surface area contributed by atoms with E-state index in [-0.39, 0.29) is 0 Å². The van der Waals surface area contributed by atoms with Gasteiger partial charge in [0.05, 0.1) is 10.2 Å². The molecule has 0 radical (unpaired) electrons. The van der Waals surface area contributed by atoms with Crippen molar-refractivity contribution in [2.24, 2.45) is 0 Å². The molecule has 2 nitrogen and oxygen atoms in total. The summed E-state index contributed by atoms with van der Waals surface area (Å²) in [6.07, 6.45) is 0.884. The predicted molar refractivity (Wildman–Crippen MR) is 54.4 cm³/mol. The number of carbonyl (C=O) groups excluding carboxylic acids is 1. The lowest BCUT2D eigenvalue weighted by Gasteiger charge is -2.01. The first-order valence-corrected chi connectivity index (χ1v) is 5.96. The van der Waals surface area contributed by atoms with Gasteiger partial charge < -0.3 is 9.90 Å². The molecule has 1 aromatic heterocycles. The molecule has 4 heteroatoms. The van der Waals surface area contributed by atoms with Gasteiger partial charge in [-0.25, -0.2) is 0 Å². The summed E-state index contributed by atoms with van der Waals surface area (Å²) in [5.41, 5.74) is 0.355. The second-order valence-corrected chi connectivity index (χ2v) is 5.16. The highest BCUT2D eigenvalue weighted by Gasteiger charge is 2.08. The molecule has 72 valence electrons. The average molecular weight is 215 g/mol. The minimum Gasteiger partial charge on any atom is -0.545 e. The minimum absolute atomic E-state index is 0.355. The topological polar surface area (TPSA) is 40.1 Å². The summed E-state index contributed by atoms with van der Waals surface area (Å²) in [5.74, 6) is -0.170. The summed E-state index contributed by atoms with van der Waals surface area (Å²) in [7, 11) is 0. The van der Waals surface area contributed by atoms with Crippen LogP contribution in [-0.4, -0.2) is 11.7 Å². The summed E-state index contributed by atoms with van der Waals surface area (Å²) < 4.78 is 0.874. The maximum atomic E-state index is 10.7. The fraction of sp³-hybridized carbons (Fsp3) is 0.444. The first-order valence-electron chi connectivity index (χ1n) is 4.15. The van der Waals surface area contributed by atoms with E-state index in [9.17, 15) is 9.90 Å². The molecule has 0 saturated carbocycles. The lowest BCUT2D eigenvalue weighted by molar-refractivity contribution is -0.255. The van der Waals surface area contributed by atoms with Crippen LogP contribution in [0.5, 0.6) is 0 Å². The molecule has 1 aromatic rings. The van der Waals surface area contributed by atoms with E-state index >= 15 is 0 Å². The second-order valence-electron chi connectivity index (χ2n) is 2.49. The van der Waals surface area contributed by atoms with Gasteiger partial charge in [-0.3, -0.25) is 0 Å². The number of hydrogen-bond acceptors (Lipinski definition) is 4.